The smallest absolute Gasteiger partial charge is 0.351 e. The van der Waals surface area contributed by atoms with E-state index in [4.69, 9.17) is 0 Å². The molecule has 1 fully saturated rings. The minimum Gasteiger partial charge on any atom is -0.351 e. The maximum absolute atomic E-state index is 13.7. The van der Waals surface area contributed by atoms with Crippen LogP contribution in [0.1, 0.15) is 74.8 Å². The zero-order valence-corrected chi connectivity index (χ0v) is 27.9. The monoisotopic (exact) mass is 679 g/mol. The number of halogens is 3. The van der Waals surface area contributed by atoms with Crippen molar-refractivity contribution in [1.29, 1.82) is 0 Å². The summed E-state index contributed by atoms with van der Waals surface area (Å²) < 4.78 is 40.0. The first kappa shape index (κ1) is 36.9. The van der Waals surface area contributed by atoms with Gasteiger partial charge in [0.05, 0.1) is 23.9 Å². The van der Waals surface area contributed by atoms with Crippen molar-refractivity contribution in [2.45, 2.75) is 82.8 Å². The van der Waals surface area contributed by atoms with E-state index in [-0.39, 0.29) is 36.0 Å². The van der Waals surface area contributed by atoms with Gasteiger partial charge in [-0.2, -0.15) is 13.2 Å². The lowest BCUT2D eigenvalue weighted by Gasteiger charge is -2.52. The van der Waals surface area contributed by atoms with Crippen LogP contribution >= 0.6 is 0 Å². The van der Waals surface area contributed by atoms with Crippen molar-refractivity contribution in [3.05, 3.63) is 102 Å². The number of imidazole rings is 2. The van der Waals surface area contributed by atoms with E-state index >= 15 is 0 Å². The summed E-state index contributed by atoms with van der Waals surface area (Å²) in [6.45, 7) is 4.98. The summed E-state index contributed by atoms with van der Waals surface area (Å²) in [6.07, 6.45) is 7.02. The van der Waals surface area contributed by atoms with Gasteiger partial charge in [0.2, 0.25) is 17.7 Å². The third kappa shape index (κ3) is 10.8. The summed E-state index contributed by atoms with van der Waals surface area (Å²) in [5.41, 5.74) is 1.31. The molecule has 0 spiro atoms. The first-order valence-corrected chi connectivity index (χ1v) is 16.6. The van der Waals surface area contributed by atoms with E-state index in [0.717, 1.165) is 37.8 Å². The molecular weight excluding hydrogens is 635 g/mol. The summed E-state index contributed by atoms with van der Waals surface area (Å²) in [6, 6.07) is 14.1. The fourth-order valence-corrected chi connectivity index (χ4v) is 5.86. The number of anilines is 1. The fourth-order valence-electron chi connectivity index (χ4n) is 5.86. The number of likely N-dealkylation sites (tertiary alicyclic amines) is 1. The molecule has 1 aliphatic heterocycles. The Morgan fingerprint density at radius 2 is 1.67 bits per heavy atom. The second kappa shape index (κ2) is 17.5. The van der Waals surface area contributed by atoms with Gasteiger partial charge in [0.25, 0.3) is 0 Å². The summed E-state index contributed by atoms with van der Waals surface area (Å²) >= 11 is 0. The van der Waals surface area contributed by atoms with Crippen LogP contribution in [0.2, 0.25) is 0 Å². The summed E-state index contributed by atoms with van der Waals surface area (Å²) in [5, 5.41) is 5.40. The van der Waals surface area contributed by atoms with Gasteiger partial charge in [0, 0.05) is 50.2 Å². The molecule has 1 saturated heterocycles. The Kier molecular flexibility index (Phi) is 13.1. The zero-order valence-electron chi connectivity index (χ0n) is 27.9. The number of nitrogens with one attached hydrogen (secondary N) is 4. The molecule has 0 bridgehead atoms. The number of hydrogen-bond acceptors (Lipinski definition) is 5. The number of aryl methyl sites for hydroxylation is 1. The van der Waals surface area contributed by atoms with Crippen molar-refractivity contribution in [3.63, 3.8) is 0 Å². The molecular formula is C36H44F3N7O3. The number of alkyl halides is 3. The molecule has 10 nitrogen and oxygen atoms in total. The van der Waals surface area contributed by atoms with Crippen LogP contribution in [0.3, 0.4) is 0 Å². The summed E-state index contributed by atoms with van der Waals surface area (Å²) in [5.74, 6) is -0.0670. The average Bonchev–Trinajstić information content (AvgIpc) is 3.80. The highest BCUT2D eigenvalue weighted by molar-refractivity contribution is 5.89. The third-order valence-corrected chi connectivity index (χ3v) is 8.52. The number of unbranched alkanes of at least 4 members (excludes halogenated alkanes) is 2. The molecule has 4 aromatic rings. The number of H-pyrrole nitrogens is 2. The van der Waals surface area contributed by atoms with E-state index in [1.165, 1.54) is 24.3 Å². The summed E-state index contributed by atoms with van der Waals surface area (Å²) in [7, 11) is 0. The molecule has 2 aromatic heterocycles. The molecule has 0 aliphatic carbocycles. The van der Waals surface area contributed by atoms with Crippen molar-refractivity contribution in [2.24, 2.45) is 0 Å². The minimum atomic E-state index is -4.49. The standard InChI is InChI=1S/C30H35F3N4O2.C6H9N3O/c1-2-3-7-15-29(23-10-5-4-6-11-23)19-37(20-29)28(39)26(36-27(38)14-13-25-18-34-21-35-25)17-22-9-8-12-24(16-22)30(31,32)33;1-2-6(10)9-5-3-7-4-8-5/h4-6,8-12,16,18,21,26H,2-3,7,13-15,17,19-20H2,1H3,(H,34,35)(H,36,38);3-4H,2H2,1H3,(H,7,8)(H,9,10)/t26-;/m1./s1. The van der Waals surface area contributed by atoms with Crippen LogP contribution in [-0.2, 0) is 38.8 Å². The number of benzene rings is 2. The lowest BCUT2D eigenvalue weighted by molar-refractivity contribution is -0.143. The van der Waals surface area contributed by atoms with Gasteiger partial charge < -0.3 is 25.5 Å². The summed E-state index contributed by atoms with van der Waals surface area (Å²) in [4.78, 5) is 52.5. The van der Waals surface area contributed by atoms with Crippen LogP contribution in [0.5, 0.6) is 0 Å². The average molecular weight is 680 g/mol. The molecule has 49 heavy (non-hydrogen) atoms. The zero-order chi connectivity index (χ0) is 35.3. The molecule has 13 heteroatoms. The number of carbonyl (C=O) groups excluding carboxylic acids is 3. The molecule has 2 aromatic carbocycles. The van der Waals surface area contributed by atoms with Crippen LogP contribution in [0.25, 0.3) is 0 Å². The highest BCUT2D eigenvalue weighted by atomic mass is 19.4. The van der Waals surface area contributed by atoms with Gasteiger partial charge in [-0.15, -0.1) is 0 Å². The Labute approximate surface area is 284 Å². The fraction of sp³-hybridized carbons (Fsp3) is 0.417. The molecule has 262 valence electrons. The van der Waals surface area contributed by atoms with Crippen molar-refractivity contribution < 1.29 is 27.6 Å². The predicted molar refractivity (Wildman–Crippen MR) is 180 cm³/mol. The predicted octanol–water partition coefficient (Wildman–Crippen LogP) is 6.21. The number of carbonyl (C=O) groups is 3. The van der Waals surface area contributed by atoms with Crippen LogP contribution in [0.4, 0.5) is 19.0 Å². The maximum Gasteiger partial charge on any atom is 0.416 e. The Bertz CT molecular complexity index is 1600. The first-order chi connectivity index (χ1) is 23.5. The number of hydrogen-bond donors (Lipinski definition) is 4. The molecule has 0 saturated carbocycles. The molecule has 0 unspecified atom stereocenters. The van der Waals surface area contributed by atoms with Crippen LogP contribution in [0, 0.1) is 0 Å². The Hall–Kier alpha value is -4.94. The first-order valence-electron chi connectivity index (χ1n) is 16.6. The van der Waals surface area contributed by atoms with Crippen molar-refractivity contribution in [2.75, 3.05) is 18.4 Å². The number of rotatable bonds is 14. The highest BCUT2D eigenvalue weighted by Gasteiger charge is 2.47. The second-order valence-corrected chi connectivity index (χ2v) is 12.2. The molecule has 3 heterocycles. The molecule has 1 atom stereocenters. The Morgan fingerprint density at radius 1 is 0.939 bits per heavy atom. The largest absolute Gasteiger partial charge is 0.416 e. The van der Waals surface area contributed by atoms with Crippen molar-refractivity contribution in [3.8, 4) is 0 Å². The van der Waals surface area contributed by atoms with E-state index in [9.17, 15) is 27.6 Å². The van der Waals surface area contributed by atoms with Gasteiger partial charge in [-0.25, -0.2) is 9.97 Å². The van der Waals surface area contributed by atoms with Gasteiger partial charge in [0.1, 0.15) is 6.04 Å². The minimum absolute atomic E-state index is 0.0212. The maximum atomic E-state index is 13.7. The van der Waals surface area contributed by atoms with Gasteiger partial charge in [0.15, 0.2) is 5.82 Å². The lowest BCUT2D eigenvalue weighted by Crippen LogP contribution is -2.64. The lowest BCUT2D eigenvalue weighted by atomic mass is 9.70. The normalized spacial score (nSPS) is 14.2. The molecule has 1 aliphatic rings. The Morgan fingerprint density at radius 3 is 2.31 bits per heavy atom. The number of nitrogens with zero attached hydrogens (tertiary/aromatic N) is 3. The van der Waals surface area contributed by atoms with E-state index in [1.807, 2.05) is 18.2 Å². The van der Waals surface area contributed by atoms with E-state index in [2.05, 4.69) is 49.6 Å². The number of aromatic amines is 2. The van der Waals surface area contributed by atoms with Crippen LogP contribution in [-0.4, -0.2) is 61.7 Å². The van der Waals surface area contributed by atoms with Crippen molar-refractivity contribution in [1.82, 2.24) is 30.2 Å². The van der Waals surface area contributed by atoms with E-state index in [0.29, 0.717) is 43.0 Å². The topological polar surface area (TPSA) is 136 Å². The van der Waals surface area contributed by atoms with Gasteiger partial charge in [-0.1, -0.05) is 81.6 Å². The molecule has 4 N–H and O–H groups in total. The SMILES string of the molecule is CCC(=O)Nc1c[nH]cn1.CCCCCC1(c2ccccc2)CN(C(=O)[C@@H](Cc2cccc(C(F)(F)F)c2)NC(=O)CCc2c[nH]cn2)C1. The van der Waals surface area contributed by atoms with Crippen LogP contribution in [0.15, 0.2) is 79.6 Å². The van der Waals surface area contributed by atoms with Gasteiger partial charge in [-0.3, -0.25) is 14.4 Å². The van der Waals surface area contributed by atoms with Gasteiger partial charge >= 0.3 is 6.18 Å². The second-order valence-electron chi connectivity index (χ2n) is 12.2. The van der Waals surface area contributed by atoms with Gasteiger partial charge in [-0.05, 0) is 30.0 Å². The molecule has 5 rings (SSSR count). The third-order valence-electron chi connectivity index (χ3n) is 8.52. The number of amides is 3. The molecule has 0 radical (unpaired) electrons. The van der Waals surface area contributed by atoms with E-state index < -0.39 is 17.8 Å². The Balaban J connectivity index is 0.000000463. The van der Waals surface area contributed by atoms with E-state index in [1.54, 1.807) is 30.3 Å². The quantitative estimate of drug-likeness (QED) is 0.118. The molecule has 3 amide bonds. The number of aromatic nitrogens is 4. The highest BCUT2D eigenvalue weighted by Crippen LogP contribution is 2.40. The van der Waals surface area contributed by atoms with Crippen LogP contribution < -0.4 is 10.6 Å². The van der Waals surface area contributed by atoms with Crippen molar-refractivity contribution >= 4 is 23.5 Å².